The summed E-state index contributed by atoms with van der Waals surface area (Å²) in [7, 11) is 0. The predicted molar refractivity (Wildman–Crippen MR) is 379 cm³/mol. The molecule has 86 heavy (non-hydrogen) atoms. The highest BCUT2D eigenvalue weighted by Crippen LogP contribution is 2.14. The first-order valence-electron chi connectivity index (χ1n) is 33.9. The van der Waals surface area contributed by atoms with Crippen LogP contribution < -0.4 is 0 Å². The number of esters is 2. The molecule has 0 saturated carbocycles. The fraction of sp³-hybridized carbons (Fsp3) is 0.506. The highest BCUT2D eigenvalue weighted by Gasteiger charge is 2.16. The quantitative estimate of drug-likeness (QED) is 0.0373. The molecular formula is C81H122O5. The topological polar surface area (TPSA) is 72.8 Å². The summed E-state index contributed by atoms with van der Waals surface area (Å²) < 4.78 is 10.7. The van der Waals surface area contributed by atoms with Crippen molar-refractivity contribution in [3.8, 4) is 0 Å². The Kier molecular flexibility index (Phi) is 68.1. The van der Waals surface area contributed by atoms with Crippen molar-refractivity contribution >= 4 is 11.9 Å². The predicted octanol–water partition coefficient (Wildman–Crippen LogP) is 24.1. The van der Waals surface area contributed by atoms with E-state index in [4.69, 9.17) is 9.47 Å². The summed E-state index contributed by atoms with van der Waals surface area (Å²) in [5, 5.41) is 9.69. The van der Waals surface area contributed by atoms with Gasteiger partial charge in [0.1, 0.15) is 6.61 Å². The average Bonchev–Trinajstić information content (AvgIpc) is 3.55. The number of aliphatic hydroxyl groups excluding tert-OH is 1. The lowest BCUT2D eigenvalue weighted by Crippen LogP contribution is -2.28. The standard InChI is InChI=1S/C81H122O5/c1-3-5-7-9-11-13-15-17-19-21-23-25-27-29-31-33-35-37-38-39-40-41-42-44-46-48-50-52-54-56-58-60-62-64-66-68-70-72-74-76-81(84)86-79(77-82)78-85-80(83)75-73-71-69-67-65-63-61-59-57-55-53-51-49-47-45-43-36-34-32-30-28-26-24-22-20-18-16-14-12-10-8-6-4-2/h5-8,11-14,17-20,23-26,29-32,35-37,39-40,42-44,47-50,54,56,60,62,66,68,79,82H,3-4,9-10,15-16,21-22,27-28,33-34,38,41,45-46,51-53,55,57-59,61,63-65,67,69-78H2,1-2H3/b7-5-,8-6-,13-11-,14-12-,19-17-,20-18-,25-23-,26-24-,31-29-,32-30-,37-35-,40-39-,43-36-,44-42-,49-47-,50-48-,56-54-,62-60-,68-66-. The van der Waals surface area contributed by atoms with Crippen molar-refractivity contribution in [3.63, 3.8) is 0 Å². The summed E-state index contributed by atoms with van der Waals surface area (Å²) >= 11 is 0. The van der Waals surface area contributed by atoms with E-state index in [0.717, 1.165) is 154 Å². The molecule has 0 saturated heterocycles. The van der Waals surface area contributed by atoms with Gasteiger partial charge < -0.3 is 14.6 Å². The number of carbonyl (C=O) groups excluding carboxylic acids is 2. The average molecular weight is 1180 g/mol. The van der Waals surface area contributed by atoms with Crippen LogP contribution in [0.25, 0.3) is 0 Å². The number of rotatable bonds is 59. The molecule has 1 atom stereocenters. The summed E-state index contributed by atoms with van der Waals surface area (Å²) in [6.45, 7) is 3.86. The van der Waals surface area contributed by atoms with Gasteiger partial charge in [-0.15, -0.1) is 0 Å². The van der Waals surface area contributed by atoms with Gasteiger partial charge in [-0.1, -0.05) is 303 Å². The molecule has 0 aliphatic rings. The maximum atomic E-state index is 12.3. The number of carbonyl (C=O) groups is 2. The molecule has 0 aliphatic heterocycles. The Morgan fingerprint density at radius 1 is 0.267 bits per heavy atom. The minimum atomic E-state index is -0.817. The zero-order valence-electron chi connectivity index (χ0n) is 54.5. The summed E-state index contributed by atoms with van der Waals surface area (Å²) in [6.07, 6.45) is 120. The van der Waals surface area contributed by atoms with E-state index in [9.17, 15) is 14.7 Å². The molecule has 0 aliphatic carbocycles. The lowest BCUT2D eigenvalue weighted by atomic mass is 10.0. The Hall–Kier alpha value is -6.04. The molecule has 0 radical (unpaired) electrons. The smallest absolute Gasteiger partial charge is 0.306 e. The molecule has 0 bridgehead atoms. The van der Waals surface area contributed by atoms with Gasteiger partial charge in [0.25, 0.3) is 0 Å². The Bertz CT molecular complexity index is 2110. The zero-order chi connectivity index (χ0) is 61.9. The van der Waals surface area contributed by atoms with Gasteiger partial charge in [0.2, 0.25) is 0 Å². The van der Waals surface area contributed by atoms with Crippen molar-refractivity contribution in [2.75, 3.05) is 13.2 Å². The van der Waals surface area contributed by atoms with Gasteiger partial charge in [-0.05, 0) is 161 Å². The molecule has 476 valence electrons. The molecule has 1 N–H and O–H groups in total. The lowest BCUT2D eigenvalue weighted by molar-refractivity contribution is -0.161. The second-order valence-electron chi connectivity index (χ2n) is 21.4. The first-order valence-corrected chi connectivity index (χ1v) is 33.9. The van der Waals surface area contributed by atoms with Crippen LogP contribution in [0.1, 0.15) is 245 Å². The molecule has 0 aromatic rings. The molecular weight excluding hydrogens is 1050 g/mol. The number of ether oxygens (including phenoxy) is 2. The van der Waals surface area contributed by atoms with Crippen molar-refractivity contribution in [1.82, 2.24) is 0 Å². The highest BCUT2D eigenvalue weighted by molar-refractivity contribution is 5.70. The Morgan fingerprint density at radius 3 is 0.721 bits per heavy atom. The minimum absolute atomic E-state index is 0.101. The number of allylic oxidation sites excluding steroid dienone is 38. The van der Waals surface area contributed by atoms with Crippen molar-refractivity contribution in [3.05, 3.63) is 231 Å². The summed E-state index contributed by atoms with van der Waals surface area (Å²) in [5.41, 5.74) is 0. The van der Waals surface area contributed by atoms with Crippen molar-refractivity contribution in [2.24, 2.45) is 0 Å². The minimum Gasteiger partial charge on any atom is -0.462 e. The van der Waals surface area contributed by atoms with Gasteiger partial charge in [0, 0.05) is 12.8 Å². The Balaban J connectivity index is 3.68. The molecule has 5 heteroatoms. The molecule has 1 unspecified atom stereocenters. The largest absolute Gasteiger partial charge is 0.462 e. The third-order valence-corrected chi connectivity index (χ3v) is 13.5. The highest BCUT2D eigenvalue weighted by atomic mass is 16.6. The molecule has 5 nitrogen and oxygen atoms in total. The van der Waals surface area contributed by atoms with E-state index >= 15 is 0 Å². The third-order valence-electron chi connectivity index (χ3n) is 13.5. The van der Waals surface area contributed by atoms with E-state index < -0.39 is 6.10 Å². The Morgan fingerprint density at radius 2 is 0.465 bits per heavy atom. The third kappa shape index (κ3) is 70.4. The van der Waals surface area contributed by atoms with Gasteiger partial charge >= 0.3 is 11.9 Å². The van der Waals surface area contributed by atoms with Crippen molar-refractivity contribution in [1.29, 1.82) is 0 Å². The molecule has 0 rings (SSSR count). The first-order chi connectivity index (χ1) is 42.6. The van der Waals surface area contributed by atoms with Gasteiger partial charge in [0.05, 0.1) is 6.61 Å². The van der Waals surface area contributed by atoms with Gasteiger partial charge in [0.15, 0.2) is 6.10 Å². The fourth-order valence-corrected chi connectivity index (χ4v) is 8.46. The van der Waals surface area contributed by atoms with Gasteiger partial charge in [-0.3, -0.25) is 9.59 Å². The summed E-state index contributed by atoms with van der Waals surface area (Å²) in [6, 6.07) is 0. The monoisotopic (exact) mass is 1170 g/mol. The normalized spacial score (nSPS) is 13.8. The van der Waals surface area contributed by atoms with E-state index in [-0.39, 0.29) is 31.6 Å². The van der Waals surface area contributed by atoms with Crippen LogP contribution in [0.3, 0.4) is 0 Å². The molecule has 0 aromatic carbocycles. The van der Waals surface area contributed by atoms with Gasteiger partial charge in [-0.2, -0.15) is 0 Å². The second-order valence-corrected chi connectivity index (χ2v) is 21.4. The van der Waals surface area contributed by atoms with Crippen LogP contribution in [0.15, 0.2) is 231 Å². The molecule has 0 heterocycles. The van der Waals surface area contributed by atoms with Crippen LogP contribution >= 0.6 is 0 Å². The van der Waals surface area contributed by atoms with Crippen LogP contribution in [0.2, 0.25) is 0 Å². The maximum Gasteiger partial charge on any atom is 0.306 e. The van der Waals surface area contributed by atoms with Gasteiger partial charge in [-0.25, -0.2) is 0 Å². The van der Waals surface area contributed by atoms with Crippen LogP contribution in [-0.2, 0) is 19.1 Å². The fourth-order valence-electron chi connectivity index (χ4n) is 8.46. The summed E-state index contributed by atoms with van der Waals surface area (Å²) in [5.74, 6) is -0.662. The lowest BCUT2D eigenvalue weighted by Gasteiger charge is -2.15. The molecule has 0 aromatic heterocycles. The van der Waals surface area contributed by atoms with Crippen molar-refractivity contribution < 1.29 is 24.2 Å². The van der Waals surface area contributed by atoms with Crippen LogP contribution in [0.5, 0.6) is 0 Å². The van der Waals surface area contributed by atoms with E-state index in [1.54, 1.807) is 0 Å². The second kappa shape index (κ2) is 73.2. The first kappa shape index (κ1) is 80.0. The van der Waals surface area contributed by atoms with E-state index in [2.05, 4.69) is 245 Å². The SMILES string of the molecule is CC/C=C\C/C=C\C/C=C\C/C=C\C/C=C\C/C=C\C/C=C\C/C=C\C/C=C\C/C=C\C/C=C\C/C=C\CCCCC(=O)OC(CO)COC(=O)CCCCCCCCCCCCC/C=C\C/C=C\C/C=C\C/C=C\C/C=C\C/C=C\C/C=C\CC. The molecule has 0 fully saturated rings. The Labute approximate surface area is 528 Å². The number of aliphatic hydroxyl groups is 1. The zero-order valence-corrected chi connectivity index (χ0v) is 54.5. The molecule has 0 amide bonds. The van der Waals surface area contributed by atoms with Crippen LogP contribution in [0, 0.1) is 0 Å². The van der Waals surface area contributed by atoms with Crippen LogP contribution in [-0.4, -0.2) is 36.4 Å². The van der Waals surface area contributed by atoms with E-state index in [1.165, 1.54) is 57.8 Å². The number of hydrogen-bond acceptors (Lipinski definition) is 5. The van der Waals surface area contributed by atoms with E-state index in [1.807, 2.05) is 0 Å². The molecule has 0 spiro atoms. The number of hydrogen-bond donors (Lipinski definition) is 1. The van der Waals surface area contributed by atoms with Crippen molar-refractivity contribution in [2.45, 2.75) is 251 Å². The van der Waals surface area contributed by atoms with Crippen LogP contribution in [0.4, 0.5) is 0 Å². The van der Waals surface area contributed by atoms with E-state index in [0.29, 0.717) is 12.8 Å². The maximum absolute atomic E-state index is 12.3. The number of unbranched alkanes of at least 4 members (excludes halogenated alkanes) is 13. The summed E-state index contributed by atoms with van der Waals surface area (Å²) in [4.78, 5) is 24.6.